The molecule has 0 saturated heterocycles. The van der Waals surface area contributed by atoms with E-state index in [1.807, 2.05) is 30.3 Å². The molecule has 0 radical (unpaired) electrons. The van der Waals surface area contributed by atoms with Gasteiger partial charge in [-0.25, -0.2) is 4.79 Å². The molecule has 1 atom stereocenters. The Balaban J connectivity index is 2.61. The number of rotatable bonds is 6. The largest absolute Gasteiger partial charge is 0.462 e. The minimum Gasteiger partial charge on any atom is -0.462 e. The molecule has 3 nitrogen and oxygen atoms in total. The quantitative estimate of drug-likeness (QED) is 0.588. The number of hydrogen-bond acceptors (Lipinski definition) is 3. The number of hydrogen-bond donors (Lipinski definition) is 1. The zero-order valence-corrected chi connectivity index (χ0v) is 9.13. The van der Waals surface area contributed by atoms with Crippen LogP contribution in [0.5, 0.6) is 0 Å². The monoisotopic (exact) mass is 220 g/mol. The highest BCUT2D eigenvalue weighted by atomic mass is 16.5. The third kappa shape index (κ3) is 3.87. The highest BCUT2D eigenvalue weighted by Gasteiger charge is 2.12. The second kappa shape index (κ2) is 6.80. The lowest BCUT2D eigenvalue weighted by Gasteiger charge is -2.15. The van der Waals surface area contributed by atoms with Crippen molar-refractivity contribution >= 4 is 5.97 Å². The average Bonchev–Trinajstić information content (AvgIpc) is 2.35. The van der Waals surface area contributed by atoms with Gasteiger partial charge in [-0.05, 0) is 12.0 Å². The molecular weight excluding hydrogens is 204 g/mol. The van der Waals surface area contributed by atoms with Crippen LogP contribution < -0.4 is 0 Å². The lowest BCUT2D eigenvalue weighted by atomic mass is 9.97. The van der Waals surface area contributed by atoms with Gasteiger partial charge < -0.3 is 9.84 Å². The van der Waals surface area contributed by atoms with Crippen LogP contribution in [0.4, 0.5) is 0 Å². The maximum Gasteiger partial charge on any atom is 0.330 e. The molecule has 1 rings (SSSR count). The Kier molecular flexibility index (Phi) is 5.29. The second-order valence-electron chi connectivity index (χ2n) is 3.45. The predicted octanol–water partition coefficient (Wildman–Crippen LogP) is 1.88. The van der Waals surface area contributed by atoms with E-state index in [4.69, 9.17) is 9.84 Å². The number of aliphatic hydroxyl groups excluding tert-OH is 1. The van der Waals surface area contributed by atoms with E-state index in [-0.39, 0.29) is 19.1 Å². The Morgan fingerprint density at radius 2 is 2.12 bits per heavy atom. The fraction of sp³-hybridized carbons (Fsp3) is 0.308. The van der Waals surface area contributed by atoms with Gasteiger partial charge in [0.2, 0.25) is 0 Å². The first-order chi connectivity index (χ1) is 7.77. The summed E-state index contributed by atoms with van der Waals surface area (Å²) >= 11 is 0. The normalized spacial score (nSPS) is 11.8. The lowest BCUT2D eigenvalue weighted by Crippen LogP contribution is -2.12. The molecule has 1 aromatic carbocycles. The zero-order chi connectivity index (χ0) is 11.8. The summed E-state index contributed by atoms with van der Waals surface area (Å²) in [5.74, 6) is -0.394. The standard InChI is InChI=1S/C13H16O3/c1-2-13(15)16-10-12(8-9-14)11-6-4-3-5-7-11/h2-7,12,14H,1,8-10H2. The van der Waals surface area contributed by atoms with Gasteiger partial charge in [-0.1, -0.05) is 36.9 Å². The number of carbonyl (C=O) groups excluding carboxylic acids is 1. The number of benzene rings is 1. The van der Waals surface area contributed by atoms with Gasteiger partial charge in [-0.15, -0.1) is 0 Å². The molecule has 0 fully saturated rings. The maximum atomic E-state index is 10.9. The SMILES string of the molecule is C=CC(=O)OCC(CCO)c1ccccc1. The zero-order valence-electron chi connectivity index (χ0n) is 9.13. The van der Waals surface area contributed by atoms with Crippen molar-refractivity contribution in [2.24, 2.45) is 0 Å². The third-order valence-corrected chi connectivity index (χ3v) is 2.34. The number of carbonyl (C=O) groups is 1. The first-order valence-corrected chi connectivity index (χ1v) is 5.23. The third-order valence-electron chi connectivity index (χ3n) is 2.34. The summed E-state index contributed by atoms with van der Waals surface area (Å²) < 4.78 is 4.99. The van der Waals surface area contributed by atoms with Crippen molar-refractivity contribution in [3.05, 3.63) is 48.6 Å². The van der Waals surface area contributed by atoms with E-state index in [2.05, 4.69) is 6.58 Å². The summed E-state index contributed by atoms with van der Waals surface area (Å²) in [7, 11) is 0. The van der Waals surface area contributed by atoms with Gasteiger partial charge in [0.25, 0.3) is 0 Å². The Morgan fingerprint density at radius 3 is 2.69 bits per heavy atom. The Hall–Kier alpha value is -1.61. The van der Waals surface area contributed by atoms with Crippen LogP contribution in [0.3, 0.4) is 0 Å². The Morgan fingerprint density at radius 1 is 1.44 bits per heavy atom. The summed E-state index contributed by atoms with van der Waals surface area (Å²) in [4.78, 5) is 10.9. The highest BCUT2D eigenvalue weighted by Crippen LogP contribution is 2.19. The molecule has 86 valence electrons. The fourth-order valence-electron chi connectivity index (χ4n) is 1.47. The Bertz CT molecular complexity index is 332. The summed E-state index contributed by atoms with van der Waals surface area (Å²) in [6, 6.07) is 9.70. The van der Waals surface area contributed by atoms with E-state index in [1.165, 1.54) is 0 Å². The van der Waals surface area contributed by atoms with Crippen LogP contribution in [-0.4, -0.2) is 24.3 Å². The minimum atomic E-state index is -0.432. The first kappa shape index (κ1) is 12.5. The summed E-state index contributed by atoms with van der Waals surface area (Å²) in [5, 5.41) is 8.96. The van der Waals surface area contributed by atoms with Crippen LogP contribution in [0.1, 0.15) is 17.9 Å². The molecule has 0 aliphatic carbocycles. The van der Waals surface area contributed by atoms with Crippen molar-refractivity contribution in [2.75, 3.05) is 13.2 Å². The second-order valence-corrected chi connectivity index (χ2v) is 3.45. The van der Waals surface area contributed by atoms with E-state index in [0.29, 0.717) is 6.42 Å². The van der Waals surface area contributed by atoms with Gasteiger partial charge in [0.15, 0.2) is 0 Å². The van der Waals surface area contributed by atoms with E-state index < -0.39 is 5.97 Å². The lowest BCUT2D eigenvalue weighted by molar-refractivity contribution is -0.138. The van der Waals surface area contributed by atoms with Gasteiger partial charge in [-0.3, -0.25) is 0 Å². The Labute approximate surface area is 95.4 Å². The molecule has 0 saturated carbocycles. The van der Waals surface area contributed by atoms with Gasteiger partial charge >= 0.3 is 5.97 Å². The number of ether oxygens (including phenoxy) is 1. The molecule has 0 aliphatic heterocycles. The van der Waals surface area contributed by atoms with Crippen molar-refractivity contribution in [2.45, 2.75) is 12.3 Å². The molecule has 1 aromatic rings. The van der Waals surface area contributed by atoms with Crippen LogP contribution in [-0.2, 0) is 9.53 Å². The van der Waals surface area contributed by atoms with Crippen molar-refractivity contribution in [3.8, 4) is 0 Å². The molecule has 0 aromatic heterocycles. The van der Waals surface area contributed by atoms with E-state index in [1.54, 1.807) is 0 Å². The van der Waals surface area contributed by atoms with Crippen LogP contribution in [0.25, 0.3) is 0 Å². The highest BCUT2D eigenvalue weighted by molar-refractivity contribution is 5.81. The molecule has 1 unspecified atom stereocenters. The molecule has 0 amide bonds. The average molecular weight is 220 g/mol. The van der Waals surface area contributed by atoms with Crippen molar-refractivity contribution in [1.82, 2.24) is 0 Å². The molecule has 0 spiro atoms. The van der Waals surface area contributed by atoms with Gasteiger partial charge in [0.1, 0.15) is 0 Å². The molecular formula is C13H16O3. The molecule has 3 heteroatoms. The van der Waals surface area contributed by atoms with Crippen LogP contribution >= 0.6 is 0 Å². The van der Waals surface area contributed by atoms with E-state index in [0.717, 1.165) is 11.6 Å². The van der Waals surface area contributed by atoms with Crippen molar-refractivity contribution in [1.29, 1.82) is 0 Å². The summed E-state index contributed by atoms with van der Waals surface area (Å²) in [5.41, 5.74) is 1.06. The number of aliphatic hydroxyl groups is 1. The molecule has 0 aliphatic rings. The predicted molar refractivity (Wildman–Crippen MR) is 62.0 cm³/mol. The topological polar surface area (TPSA) is 46.5 Å². The summed E-state index contributed by atoms with van der Waals surface area (Å²) in [6.07, 6.45) is 1.72. The first-order valence-electron chi connectivity index (χ1n) is 5.23. The van der Waals surface area contributed by atoms with Gasteiger partial charge in [0.05, 0.1) is 6.61 Å². The molecule has 16 heavy (non-hydrogen) atoms. The van der Waals surface area contributed by atoms with Crippen LogP contribution in [0.15, 0.2) is 43.0 Å². The molecule has 0 heterocycles. The van der Waals surface area contributed by atoms with Crippen LogP contribution in [0, 0.1) is 0 Å². The van der Waals surface area contributed by atoms with E-state index >= 15 is 0 Å². The maximum absolute atomic E-state index is 10.9. The van der Waals surface area contributed by atoms with Crippen LogP contribution in [0.2, 0.25) is 0 Å². The molecule has 1 N–H and O–H groups in total. The minimum absolute atomic E-state index is 0.0371. The summed E-state index contributed by atoms with van der Waals surface area (Å²) in [6.45, 7) is 3.68. The fourth-order valence-corrected chi connectivity index (χ4v) is 1.47. The van der Waals surface area contributed by atoms with E-state index in [9.17, 15) is 4.79 Å². The molecule has 0 bridgehead atoms. The van der Waals surface area contributed by atoms with Crippen molar-refractivity contribution in [3.63, 3.8) is 0 Å². The van der Waals surface area contributed by atoms with Gasteiger partial charge in [-0.2, -0.15) is 0 Å². The van der Waals surface area contributed by atoms with Gasteiger partial charge in [0, 0.05) is 18.6 Å². The number of esters is 1. The smallest absolute Gasteiger partial charge is 0.330 e. The van der Waals surface area contributed by atoms with Crippen molar-refractivity contribution < 1.29 is 14.6 Å².